The van der Waals surface area contributed by atoms with Gasteiger partial charge in [-0.05, 0) is 13.0 Å². The molecular formula is C8H17N3O2. The number of hydrogen-bond acceptors (Lipinski definition) is 3. The van der Waals surface area contributed by atoms with Crippen LogP contribution in [0.4, 0.5) is 4.79 Å². The Morgan fingerprint density at radius 3 is 3.00 bits per heavy atom. The van der Waals surface area contributed by atoms with Crippen molar-refractivity contribution in [1.29, 1.82) is 0 Å². The zero-order valence-electron chi connectivity index (χ0n) is 7.79. The van der Waals surface area contributed by atoms with Crippen LogP contribution in [0.3, 0.4) is 0 Å². The summed E-state index contributed by atoms with van der Waals surface area (Å²) in [6.07, 6.45) is 0.881. The van der Waals surface area contributed by atoms with Gasteiger partial charge in [0.1, 0.15) is 0 Å². The highest BCUT2D eigenvalue weighted by Crippen LogP contribution is 1.95. The van der Waals surface area contributed by atoms with Crippen molar-refractivity contribution in [1.82, 2.24) is 10.2 Å². The lowest BCUT2D eigenvalue weighted by Gasteiger charge is -2.13. The van der Waals surface area contributed by atoms with E-state index < -0.39 is 0 Å². The Labute approximate surface area is 78.2 Å². The largest absolute Gasteiger partial charge is 0.380 e. The molecule has 5 nitrogen and oxygen atoms in total. The molecule has 2 amide bonds. The lowest BCUT2D eigenvalue weighted by molar-refractivity contribution is 0.115. The van der Waals surface area contributed by atoms with E-state index in [4.69, 9.17) is 10.5 Å². The van der Waals surface area contributed by atoms with E-state index in [-0.39, 0.29) is 6.03 Å². The molecule has 0 saturated carbocycles. The molecule has 0 unspecified atom stereocenters. The van der Waals surface area contributed by atoms with Crippen LogP contribution >= 0.6 is 0 Å². The van der Waals surface area contributed by atoms with Crippen LogP contribution in [0, 0.1) is 0 Å². The third-order valence-electron chi connectivity index (χ3n) is 1.94. The fraction of sp³-hybridized carbons (Fsp3) is 0.875. The van der Waals surface area contributed by atoms with Crippen LogP contribution in [-0.4, -0.2) is 50.3 Å². The topological polar surface area (TPSA) is 67.6 Å². The second kappa shape index (κ2) is 5.77. The standard InChI is InChI=1S/C8H17N3O2/c9-2-1-6-13-7-5-11-4-3-10-8(11)12/h1-7,9H2,(H,10,12). The number of amides is 2. The number of nitrogens with one attached hydrogen (secondary N) is 1. The monoisotopic (exact) mass is 187 g/mol. The summed E-state index contributed by atoms with van der Waals surface area (Å²) in [6, 6.07) is 0.0161. The molecule has 1 aliphatic rings. The van der Waals surface area contributed by atoms with Crippen molar-refractivity contribution >= 4 is 6.03 Å². The van der Waals surface area contributed by atoms with Crippen LogP contribution in [-0.2, 0) is 4.74 Å². The van der Waals surface area contributed by atoms with Gasteiger partial charge >= 0.3 is 6.03 Å². The number of rotatable bonds is 6. The molecule has 1 heterocycles. The quantitative estimate of drug-likeness (QED) is 0.544. The van der Waals surface area contributed by atoms with Crippen LogP contribution in [0.1, 0.15) is 6.42 Å². The van der Waals surface area contributed by atoms with Gasteiger partial charge in [0.25, 0.3) is 0 Å². The lowest BCUT2D eigenvalue weighted by Crippen LogP contribution is -2.31. The van der Waals surface area contributed by atoms with E-state index >= 15 is 0 Å². The maximum atomic E-state index is 11.0. The Balaban J connectivity index is 1.96. The van der Waals surface area contributed by atoms with Crippen molar-refractivity contribution in [3.8, 4) is 0 Å². The van der Waals surface area contributed by atoms with E-state index in [0.29, 0.717) is 26.3 Å². The summed E-state index contributed by atoms with van der Waals surface area (Å²) < 4.78 is 5.28. The van der Waals surface area contributed by atoms with Gasteiger partial charge in [0.15, 0.2) is 0 Å². The average Bonchev–Trinajstić information content (AvgIpc) is 2.52. The number of ether oxygens (including phenoxy) is 1. The summed E-state index contributed by atoms with van der Waals surface area (Å²) in [5.41, 5.74) is 5.30. The first-order chi connectivity index (χ1) is 6.34. The molecule has 0 atom stereocenters. The van der Waals surface area contributed by atoms with E-state index in [9.17, 15) is 4.79 Å². The highest BCUT2D eigenvalue weighted by molar-refractivity contribution is 5.76. The van der Waals surface area contributed by atoms with Crippen molar-refractivity contribution in [2.45, 2.75) is 6.42 Å². The first-order valence-corrected chi connectivity index (χ1v) is 4.65. The summed E-state index contributed by atoms with van der Waals surface area (Å²) in [5, 5.41) is 2.73. The summed E-state index contributed by atoms with van der Waals surface area (Å²) in [7, 11) is 0. The van der Waals surface area contributed by atoms with Gasteiger partial charge in [-0.15, -0.1) is 0 Å². The van der Waals surface area contributed by atoms with Crippen molar-refractivity contribution in [3.05, 3.63) is 0 Å². The average molecular weight is 187 g/mol. The zero-order valence-corrected chi connectivity index (χ0v) is 7.79. The number of carbonyl (C=O) groups excluding carboxylic acids is 1. The third kappa shape index (κ3) is 3.61. The summed E-state index contributed by atoms with van der Waals surface area (Å²) in [6.45, 7) is 4.17. The molecule has 0 radical (unpaired) electrons. The normalized spacial score (nSPS) is 16.4. The molecule has 0 aromatic carbocycles. The second-order valence-corrected chi connectivity index (χ2v) is 2.97. The lowest BCUT2D eigenvalue weighted by atomic mass is 10.5. The van der Waals surface area contributed by atoms with Crippen LogP contribution in [0.5, 0.6) is 0 Å². The highest BCUT2D eigenvalue weighted by Gasteiger charge is 2.18. The predicted octanol–water partition coefficient (Wildman–Crippen LogP) is -0.623. The summed E-state index contributed by atoms with van der Waals surface area (Å²) in [4.78, 5) is 12.8. The number of nitrogens with two attached hydrogens (primary N) is 1. The van der Waals surface area contributed by atoms with Gasteiger partial charge in [0, 0.05) is 26.2 Å². The Morgan fingerprint density at radius 1 is 1.54 bits per heavy atom. The minimum absolute atomic E-state index is 0.0161. The molecule has 3 N–H and O–H groups in total. The Morgan fingerprint density at radius 2 is 2.38 bits per heavy atom. The van der Waals surface area contributed by atoms with Crippen molar-refractivity contribution in [3.63, 3.8) is 0 Å². The number of carbonyl (C=O) groups is 1. The first-order valence-electron chi connectivity index (χ1n) is 4.65. The zero-order chi connectivity index (χ0) is 9.52. The van der Waals surface area contributed by atoms with E-state index in [1.165, 1.54) is 0 Å². The SMILES string of the molecule is NCCCOCCN1CCNC1=O. The molecule has 1 saturated heterocycles. The molecule has 13 heavy (non-hydrogen) atoms. The Bertz CT molecular complexity index is 163. The Hall–Kier alpha value is -0.810. The summed E-state index contributed by atoms with van der Waals surface area (Å²) >= 11 is 0. The van der Waals surface area contributed by atoms with Gasteiger partial charge in [-0.25, -0.2) is 4.79 Å². The second-order valence-electron chi connectivity index (χ2n) is 2.97. The number of hydrogen-bond donors (Lipinski definition) is 2. The number of urea groups is 1. The van der Waals surface area contributed by atoms with Gasteiger partial charge in [-0.2, -0.15) is 0 Å². The molecule has 76 valence electrons. The number of nitrogens with zero attached hydrogens (tertiary/aromatic N) is 1. The van der Waals surface area contributed by atoms with E-state index in [0.717, 1.165) is 19.5 Å². The van der Waals surface area contributed by atoms with Crippen LogP contribution in [0.2, 0.25) is 0 Å². The molecule has 1 aliphatic heterocycles. The minimum atomic E-state index is 0.0161. The molecule has 0 spiro atoms. The van der Waals surface area contributed by atoms with Crippen LogP contribution < -0.4 is 11.1 Å². The highest BCUT2D eigenvalue weighted by atomic mass is 16.5. The van der Waals surface area contributed by atoms with Crippen molar-refractivity contribution in [2.75, 3.05) is 39.4 Å². The molecular weight excluding hydrogens is 170 g/mol. The van der Waals surface area contributed by atoms with Gasteiger partial charge < -0.3 is 20.7 Å². The molecule has 0 bridgehead atoms. The van der Waals surface area contributed by atoms with Gasteiger partial charge in [-0.1, -0.05) is 0 Å². The van der Waals surface area contributed by atoms with Crippen molar-refractivity contribution in [2.24, 2.45) is 5.73 Å². The first kappa shape index (κ1) is 10.3. The summed E-state index contributed by atoms with van der Waals surface area (Å²) in [5.74, 6) is 0. The fourth-order valence-electron chi connectivity index (χ4n) is 1.19. The molecule has 1 fully saturated rings. The van der Waals surface area contributed by atoms with Crippen LogP contribution in [0.25, 0.3) is 0 Å². The maximum Gasteiger partial charge on any atom is 0.317 e. The molecule has 0 aliphatic carbocycles. The minimum Gasteiger partial charge on any atom is -0.380 e. The maximum absolute atomic E-state index is 11.0. The predicted molar refractivity (Wildman–Crippen MR) is 49.5 cm³/mol. The molecule has 5 heteroatoms. The van der Waals surface area contributed by atoms with E-state index in [1.54, 1.807) is 4.90 Å². The van der Waals surface area contributed by atoms with E-state index in [1.807, 2.05) is 0 Å². The van der Waals surface area contributed by atoms with Gasteiger partial charge in [0.05, 0.1) is 6.61 Å². The molecule has 1 rings (SSSR count). The van der Waals surface area contributed by atoms with Crippen molar-refractivity contribution < 1.29 is 9.53 Å². The third-order valence-corrected chi connectivity index (χ3v) is 1.94. The van der Waals surface area contributed by atoms with Crippen LogP contribution in [0.15, 0.2) is 0 Å². The fourth-order valence-corrected chi connectivity index (χ4v) is 1.19. The smallest absolute Gasteiger partial charge is 0.317 e. The molecule has 0 aromatic rings. The van der Waals surface area contributed by atoms with Gasteiger partial charge in [0.2, 0.25) is 0 Å². The molecule has 0 aromatic heterocycles. The van der Waals surface area contributed by atoms with E-state index in [2.05, 4.69) is 5.32 Å². The van der Waals surface area contributed by atoms with Gasteiger partial charge in [-0.3, -0.25) is 0 Å². The Kier molecular flexibility index (Phi) is 4.56.